The van der Waals surface area contributed by atoms with Gasteiger partial charge in [-0.15, -0.1) is 24.0 Å². The normalized spacial score (nSPS) is 17.1. The summed E-state index contributed by atoms with van der Waals surface area (Å²) in [4.78, 5) is 6.45. The monoisotopic (exact) mass is 354 g/mol. The standard InChI is InChI=1S/C12H26N4.HI/c1-13-12(14-9-6-10-16(2)3)15-11-7-4-5-8-11;/h11H,4-10H2,1-3H3,(H2,13,14,15);1H. The minimum absolute atomic E-state index is 0. The highest BCUT2D eigenvalue weighted by atomic mass is 127. The molecule has 0 heterocycles. The largest absolute Gasteiger partial charge is 0.356 e. The lowest BCUT2D eigenvalue weighted by Gasteiger charge is -2.17. The van der Waals surface area contributed by atoms with Crippen molar-refractivity contribution in [3.63, 3.8) is 0 Å². The van der Waals surface area contributed by atoms with E-state index in [1.54, 1.807) is 0 Å². The second kappa shape index (κ2) is 9.94. The van der Waals surface area contributed by atoms with Crippen molar-refractivity contribution in [3.05, 3.63) is 0 Å². The fourth-order valence-corrected chi connectivity index (χ4v) is 2.06. The molecule has 0 aromatic carbocycles. The molecule has 4 nitrogen and oxygen atoms in total. The fourth-order valence-electron chi connectivity index (χ4n) is 2.06. The molecule has 1 rings (SSSR count). The van der Waals surface area contributed by atoms with Crippen LogP contribution in [-0.2, 0) is 0 Å². The number of guanidine groups is 1. The summed E-state index contributed by atoms with van der Waals surface area (Å²) in [6.45, 7) is 2.11. The van der Waals surface area contributed by atoms with Gasteiger partial charge in [-0.2, -0.15) is 0 Å². The van der Waals surface area contributed by atoms with E-state index in [4.69, 9.17) is 0 Å². The third-order valence-corrected chi connectivity index (χ3v) is 2.99. The Hall–Kier alpha value is -0.0400. The number of hydrogen-bond acceptors (Lipinski definition) is 2. The van der Waals surface area contributed by atoms with Crippen molar-refractivity contribution in [1.29, 1.82) is 0 Å². The first-order valence-electron chi connectivity index (χ1n) is 6.34. The van der Waals surface area contributed by atoms with E-state index in [0.29, 0.717) is 6.04 Å². The highest BCUT2D eigenvalue weighted by molar-refractivity contribution is 14.0. The quantitative estimate of drug-likeness (QED) is 0.342. The third-order valence-electron chi connectivity index (χ3n) is 2.99. The first-order chi connectivity index (χ1) is 7.72. The number of halogens is 1. The van der Waals surface area contributed by atoms with Crippen molar-refractivity contribution in [2.24, 2.45) is 4.99 Å². The Balaban J connectivity index is 0.00000256. The molecule has 5 heteroatoms. The Labute approximate surface area is 123 Å². The molecule has 1 aliphatic rings. The van der Waals surface area contributed by atoms with Gasteiger partial charge in [0.15, 0.2) is 5.96 Å². The van der Waals surface area contributed by atoms with Gasteiger partial charge in [-0.05, 0) is 39.9 Å². The lowest BCUT2D eigenvalue weighted by atomic mass is 10.2. The summed E-state index contributed by atoms with van der Waals surface area (Å²) in [5.74, 6) is 0.964. The van der Waals surface area contributed by atoms with Crippen LogP contribution in [0, 0.1) is 0 Å². The third kappa shape index (κ3) is 7.81. The van der Waals surface area contributed by atoms with Crippen LogP contribution in [0.25, 0.3) is 0 Å². The van der Waals surface area contributed by atoms with Crippen LogP contribution in [-0.4, -0.2) is 51.1 Å². The van der Waals surface area contributed by atoms with Crippen molar-refractivity contribution < 1.29 is 0 Å². The van der Waals surface area contributed by atoms with Crippen molar-refractivity contribution >= 4 is 29.9 Å². The van der Waals surface area contributed by atoms with Crippen LogP contribution in [0.2, 0.25) is 0 Å². The topological polar surface area (TPSA) is 39.7 Å². The molecule has 2 N–H and O–H groups in total. The predicted octanol–water partition coefficient (Wildman–Crippen LogP) is 1.66. The average Bonchev–Trinajstić information content (AvgIpc) is 2.75. The van der Waals surface area contributed by atoms with E-state index < -0.39 is 0 Å². The van der Waals surface area contributed by atoms with Crippen LogP contribution in [0.5, 0.6) is 0 Å². The Morgan fingerprint density at radius 3 is 2.47 bits per heavy atom. The minimum Gasteiger partial charge on any atom is -0.356 e. The number of nitrogens with zero attached hydrogens (tertiary/aromatic N) is 2. The summed E-state index contributed by atoms with van der Waals surface area (Å²) in [7, 11) is 6.05. The van der Waals surface area contributed by atoms with Crippen LogP contribution >= 0.6 is 24.0 Å². The summed E-state index contributed by atoms with van der Waals surface area (Å²) >= 11 is 0. The van der Waals surface area contributed by atoms with Crippen LogP contribution in [0.3, 0.4) is 0 Å². The Morgan fingerprint density at radius 2 is 1.94 bits per heavy atom. The molecule has 0 spiro atoms. The van der Waals surface area contributed by atoms with Gasteiger partial charge in [0.2, 0.25) is 0 Å². The highest BCUT2D eigenvalue weighted by Gasteiger charge is 2.15. The van der Waals surface area contributed by atoms with Gasteiger partial charge in [0.05, 0.1) is 0 Å². The van der Waals surface area contributed by atoms with E-state index in [-0.39, 0.29) is 24.0 Å². The summed E-state index contributed by atoms with van der Waals surface area (Å²) in [5, 5.41) is 6.84. The van der Waals surface area contributed by atoms with E-state index >= 15 is 0 Å². The zero-order valence-electron chi connectivity index (χ0n) is 11.3. The minimum atomic E-state index is 0. The van der Waals surface area contributed by atoms with Crippen molar-refractivity contribution in [2.75, 3.05) is 34.2 Å². The van der Waals surface area contributed by atoms with Crippen molar-refractivity contribution in [2.45, 2.75) is 38.1 Å². The van der Waals surface area contributed by atoms with Crippen LogP contribution in [0.15, 0.2) is 4.99 Å². The zero-order chi connectivity index (χ0) is 11.8. The van der Waals surface area contributed by atoms with Gasteiger partial charge in [-0.25, -0.2) is 0 Å². The SMILES string of the molecule is CN=C(NCCCN(C)C)NC1CCCC1.I. The number of rotatable bonds is 5. The molecule has 0 amide bonds. The van der Waals surface area contributed by atoms with Gasteiger partial charge < -0.3 is 15.5 Å². The summed E-state index contributed by atoms with van der Waals surface area (Å²) in [6.07, 6.45) is 6.44. The molecule has 0 aromatic heterocycles. The summed E-state index contributed by atoms with van der Waals surface area (Å²) < 4.78 is 0. The first kappa shape index (κ1) is 17.0. The van der Waals surface area contributed by atoms with E-state index in [9.17, 15) is 0 Å². The van der Waals surface area contributed by atoms with Crippen molar-refractivity contribution in [3.8, 4) is 0 Å². The maximum absolute atomic E-state index is 4.25. The molecule has 102 valence electrons. The number of hydrogen-bond donors (Lipinski definition) is 2. The second-order valence-electron chi connectivity index (χ2n) is 4.78. The molecule has 1 saturated carbocycles. The van der Waals surface area contributed by atoms with Crippen molar-refractivity contribution in [1.82, 2.24) is 15.5 Å². The van der Waals surface area contributed by atoms with Gasteiger partial charge in [-0.3, -0.25) is 4.99 Å². The van der Waals surface area contributed by atoms with Gasteiger partial charge in [-0.1, -0.05) is 12.8 Å². The molecule has 0 radical (unpaired) electrons. The lowest BCUT2D eigenvalue weighted by molar-refractivity contribution is 0.399. The lowest BCUT2D eigenvalue weighted by Crippen LogP contribution is -2.43. The molecule has 0 atom stereocenters. The average molecular weight is 354 g/mol. The van der Waals surface area contributed by atoms with Gasteiger partial charge >= 0.3 is 0 Å². The van der Waals surface area contributed by atoms with Gasteiger partial charge in [0, 0.05) is 19.6 Å². The Morgan fingerprint density at radius 1 is 1.29 bits per heavy atom. The molecule has 0 bridgehead atoms. The molecule has 0 aliphatic heterocycles. The van der Waals surface area contributed by atoms with Gasteiger partial charge in [0.25, 0.3) is 0 Å². The van der Waals surface area contributed by atoms with Crippen LogP contribution in [0.1, 0.15) is 32.1 Å². The van der Waals surface area contributed by atoms with Crippen LogP contribution < -0.4 is 10.6 Å². The van der Waals surface area contributed by atoms with E-state index in [2.05, 4.69) is 34.6 Å². The smallest absolute Gasteiger partial charge is 0.191 e. The zero-order valence-corrected chi connectivity index (χ0v) is 13.7. The molecule has 0 saturated heterocycles. The molecule has 0 unspecified atom stereocenters. The van der Waals surface area contributed by atoms with Crippen LogP contribution in [0.4, 0.5) is 0 Å². The maximum atomic E-state index is 4.25. The molecule has 1 aliphatic carbocycles. The molecular weight excluding hydrogens is 327 g/mol. The van der Waals surface area contributed by atoms with E-state index in [1.165, 1.54) is 25.7 Å². The summed E-state index contributed by atoms with van der Waals surface area (Å²) in [5.41, 5.74) is 0. The van der Waals surface area contributed by atoms with Gasteiger partial charge in [0.1, 0.15) is 0 Å². The molecule has 0 aromatic rings. The summed E-state index contributed by atoms with van der Waals surface area (Å²) in [6, 6.07) is 0.639. The Bertz CT molecular complexity index is 213. The second-order valence-corrected chi connectivity index (χ2v) is 4.78. The van der Waals surface area contributed by atoms with E-state index in [0.717, 1.165) is 25.5 Å². The fraction of sp³-hybridized carbons (Fsp3) is 0.917. The molecule has 1 fully saturated rings. The highest BCUT2D eigenvalue weighted by Crippen LogP contribution is 2.17. The van der Waals surface area contributed by atoms with E-state index in [1.807, 2.05) is 7.05 Å². The first-order valence-corrected chi connectivity index (χ1v) is 6.34. The Kier molecular flexibility index (Phi) is 9.91. The molecular formula is C12H27IN4. The molecule has 17 heavy (non-hydrogen) atoms. The maximum Gasteiger partial charge on any atom is 0.191 e. The predicted molar refractivity (Wildman–Crippen MR) is 85.3 cm³/mol. The number of aliphatic imine (C=N–C) groups is 1. The number of nitrogens with one attached hydrogen (secondary N) is 2.